The summed E-state index contributed by atoms with van der Waals surface area (Å²) in [6.07, 6.45) is 8.56. The number of aromatic nitrogens is 4. The van der Waals surface area contributed by atoms with Gasteiger partial charge in [0, 0.05) is 17.6 Å². The van der Waals surface area contributed by atoms with Gasteiger partial charge in [-0.05, 0) is 37.8 Å². The summed E-state index contributed by atoms with van der Waals surface area (Å²) in [7, 11) is 0. The lowest BCUT2D eigenvalue weighted by Gasteiger charge is -2.28. The maximum absolute atomic E-state index is 13.1. The van der Waals surface area contributed by atoms with Crippen molar-refractivity contribution in [1.29, 1.82) is 0 Å². The fourth-order valence-electron chi connectivity index (χ4n) is 3.79. The Hall–Kier alpha value is -2.06. The molecule has 2 fully saturated rings. The van der Waals surface area contributed by atoms with Crippen molar-refractivity contribution in [1.82, 2.24) is 30.2 Å². The Labute approximate surface area is 150 Å². The average Bonchev–Trinajstić information content (AvgIpc) is 3.04. The maximum Gasteiger partial charge on any atom is 0.276 e. The van der Waals surface area contributed by atoms with Crippen LogP contribution >= 0.6 is 11.3 Å². The molecule has 8 heteroatoms. The van der Waals surface area contributed by atoms with E-state index in [0.717, 1.165) is 37.4 Å². The van der Waals surface area contributed by atoms with E-state index in [0.29, 0.717) is 18.8 Å². The fourth-order valence-corrected chi connectivity index (χ4v) is 4.41. The monoisotopic (exact) mass is 358 g/mol. The minimum absolute atomic E-state index is 0.0501. The Kier molecular flexibility index (Phi) is 4.39. The third-order valence-corrected chi connectivity index (χ3v) is 6.01. The summed E-state index contributed by atoms with van der Waals surface area (Å²) in [5.41, 5.74) is 0.671. The van der Waals surface area contributed by atoms with Crippen molar-refractivity contribution >= 4 is 17.2 Å². The first-order valence-corrected chi connectivity index (χ1v) is 9.51. The number of carbonyl (C=O) groups is 1. The molecule has 2 aliphatic rings. The molecule has 1 N–H and O–H groups in total. The van der Waals surface area contributed by atoms with Crippen LogP contribution in [0.3, 0.4) is 0 Å². The van der Waals surface area contributed by atoms with E-state index in [-0.39, 0.29) is 17.4 Å². The van der Waals surface area contributed by atoms with E-state index in [1.807, 2.05) is 10.3 Å². The predicted molar refractivity (Wildman–Crippen MR) is 95.1 cm³/mol. The summed E-state index contributed by atoms with van der Waals surface area (Å²) in [5.74, 6) is -0.0501. The lowest BCUT2D eigenvalue weighted by Crippen LogP contribution is -2.39. The normalized spacial score (nSPS) is 21.2. The van der Waals surface area contributed by atoms with Crippen LogP contribution in [0.4, 0.5) is 0 Å². The van der Waals surface area contributed by atoms with Crippen LogP contribution in [0.25, 0.3) is 0 Å². The van der Waals surface area contributed by atoms with Gasteiger partial charge < -0.3 is 10.2 Å². The third-order valence-electron chi connectivity index (χ3n) is 5.25. The number of hydrogen-bond donors (Lipinski definition) is 1. The van der Waals surface area contributed by atoms with Crippen molar-refractivity contribution in [3.05, 3.63) is 41.1 Å². The summed E-state index contributed by atoms with van der Waals surface area (Å²) < 4.78 is 1.63. The average molecular weight is 358 g/mol. The second kappa shape index (κ2) is 6.68. The molecule has 1 atom stereocenters. The molecule has 0 bridgehead atoms. The lowest BCUT2D eigenvalue weighted by atomic mass is 9.93. The molecule has 1 saturated carbocycles. The van der Waals surface area contributed by atoms with Crippen LogP contribution in [0, 0.1) is 5.41 Å². The Morgan fingerprint density at radius 3 is 3.08 bits per heavy atom. The van der Waals surface area contributed by atoms with Crippen LogP contribution in [0.2, 0.25) is 0 Å². The Morgan fingerprint density at radius 1 is 1.52 bits per heavy atom. The highest BCUT2D eigenvalue weighted by atomic mass is 32.1. The lowest BCUT2D eigenvalue weighted by molar-refractivity contribution is 0.0686. The molecule has 7 nitrogen and oxygen atoms in total. The number of amides is 1. The smallest absolute Gasteiger partial charge is 0.276 e. The van der Waals surface area contributed by atoms with E-state index in [1.54, 1.807) is 34.5 Å². The molecule has 0 radical (unpaired) electrons. The van der Waals surface area contributed by atoms with Gasteiger partial charge in [0.2, 0.25) is 0 Å². The van der Waals surface area contributed by atoms with Gasteiger partial charge in [0.1, 0.15) is 5.01 Å². The molecule has 4 rings (SSSR count). The van der Waals surface area contributed by atoms with Crippen LogP contribution in [0.5, 0.6) is 0 Å². The molecule has 0 aromatic carbocycles. The first-order valence-electron chi connectivity index (χ1n) is 8.63. The quantitative estimate of drug-likeness (QED) is 0.796. The number of hydrogen-bond acceptors (Lipinski definition) is 6. The van der Waals surface area contributed by atoms with Gasteiger partial charge >= 0.3 is 0 Å². The van der Waals surface area contributed by atoms with E-state index in [2.05, 4.69) is 27.2 Å². The van der Waals surface area contributed by atoms with Crippen molar-refractivity contribution in [2.75, 3.05) is 13.1 Å². The topological polar surface area (TPSA) is 75.9 Å². The predicted octanol–water partition coefficient (Wildman–Crippen LogP) is 1.71. The molecule has 1 amide bonds. The standard InChI is InChI=1S/C17H22N6OS/c1-2-8-22-11-13(20-21-22)16(24)23(12-15-19-7-9-25-15)14-10-17(14)3-5-18-6-4-17/h2,7,9,11,14,18H,1,3-6,8,10,12H2. The second-order valence-electron chi connectivity index (χ2n) is 6.81. The molecule has 1 aliphatic carbocycles. The van der Waals surface area contributed by atoms with Gasteiger partial charge in [-0.25, -0.2) is 9.67 Å². The third kappa shape index (κ3) is 3.23. The van der Waals surface area contributed by atoms with Crippen LogP contribution in [0.1, 0.15) is 34.8 Å². The largest absolute Gasteiger partial charge is 0.327 e. The summed E-state index contributed by atoms with van der Waals surface area (Å²) in [5, 5.41) is 14.4. The first kappa shape index (κ1) is 16.4. The first-order chi connectivity index (χ1) is 12.2. The zero-order chi connectivity index (χ0) is 17.3. The zero-order valence-electron chi connectivity index (χ0n) is 14.1. The SMILES string of the molecule is C=CCn1cc(C(=O)N(Cc2nccs2)C2CC23CCNCC3)nn1. The van der Waals surface area contributed by atoms with E-state index in [9.17, 15) is 4.79 Å². The van der Waals surface area contributed by atoms with Crippen molar-refractivity contribution in [2.45, 2.75) is 38.4 Å². The number of nitrogens with zero attached hydrogens (tertiary/aromatic N) is 5. The van der Waals surface area contributed by atoms with Crippen molar-refractivity contribution in [3.8, 4) is 0 Å². The summed E-state index contributed by atoms with van der Waals surface area (Å²) in [6.45, 7) is 6.85. The van der Waals surface area contributed by atoms with E-state index >= 15 is 0 Å². The van der Waals surface area contributed by atoms with E-state index < -0.39 is 0 Å². The van der Waals surface area contributed by atoms with Crippen LogP contribution in [-0.2, 0) is 13.1 Å². The van der Waals surface area contributed by atoms with E-state index in [1.165, 1.54) is 0 Å². The number of rotatable bonds is 6. The molecule has 2 aromatic rings. The van der Waals surface area contributed by atoms with Crippen molar-refractivity contribution < 1.29 is 4.79 Å². The Morgan fingerprint density at radius 2 is 2.36 bits per heavy atom. The van der Waals surface area contributed by atoms with E-state index in [4.69, 9.17) is 0 Å². The number of piperidine rings is 1. The summed E-state index contributed by atoms with van der Waals surface area (Å²) >= 11 is 1.59. The minimum Gasteiger partial charge on any atom is -0.327 e. The molecule has 1 aliphatic heterocycles. The van der Waals surface area contributed by atoms with Gasteiger partial charge in [0.05, 0.1) is 19.3 Å². The zero-order valence-corrected chi connectivity index (χ0v) is 14.9. The fraction of sp³-hybridized carbons (Fsp3) is 0.529. The van der Waals surface area contributed by atoms with Gasteiger partial charge in [-0.3, -0.25) is 4.79 Å². The highest BCUT2D eigenvalue weighted by molar-refractivity contribution is 7.09. The van der Waals surface area contributed by atoms with Crippen LogP contribution in [-0.4, -0.2) is 49.9 Å². The molecule has 1 spiro atoms. The number of allylic oxidation sites excluding steroid dienone is 1. The Bertz CT molecular complexity index is 749. The molecular formula is C17H22N6OS. The van der Waals surface area contributed by atoms with Crippen molar-refractivity contribution in [2.24, 2.45) is 5.41 Å². The molecule has 1 saturated heterocycles. The molecule has 25 heavy (non-hydrogen) atoms. The minimum atomic E-state index is -0.0501. The van der Waals surface area contributed by atoms with Gasteiger partial charge in [-0.1, -0.05) is 11.3 Å². The van der Waals surface area contributed by atoms with Crippen molar-refractivity contribution in [3.63, 3.8) is 0 Å². The highest BCUT2D eigenvalue weighted by Gasteiger charge is 2.58. The number of carbonyl (C=O) groups excluding carboxylic acids is 1. The molecular weight excluding hydrogens is 336 g/mol. The van der Waals surface area contributed by atoms with Gasteiger partial charge in [0.25, 0.3) is 5.91 Å². The molecule has 2 aromatic heterocycles. The second-order valence-corrected chi connectivity index (χ2v) is 7.78. The summed E-state index contributed by atoms with van der Waals surface area (Å²) in [4.78, 5) is 19.5. The van der Waals surface area contributed by atoms with Crippen LogP contribution < -0.4 is 5.32 Å². The van der Waals surface area contributed by atoms with Crippen LogP contribution in [0.15, 0.2) is 30.4 Å². The highest BCUT2D eigenvalue weighted by Crippen LogP contribution is 2.56. The Balaban J connectivity index is 1.56. The van der Waals surface area contributed by atoms with Gasteiger partial charge in [-0.2, -0.15) is 0 Å². The summed E-state index contributed by atoms with van der Waals surface area (Å²) in [6, 6.07) is 0.274. The van der Waals surface area contributed by atoms with Gasteiger partial charge in [-0.15, -0.1) is 23.0 Å². The number of nitrogens with one attached hydrogen (secondary N) is 1. The van der Waals surface area contributed by atoms with Gasteiger partial charge in [0.15, 0.2) is 5.69 Å². The molecule has 1 unspecified atom stereocenters. The maximum atomic E-state index is 13.1. The molecule has 132 valence electrons. The molecule has 3 heterocycles. The number of thiazole rings is 1.